The van der Waals surface area contributed by atoms with Crippen molar-refractivity contribution in [3.8, 4) is 0 Å². The molecule has 4 atom stereocenters. The Morgan fingerprint density at radius 2 is 1.37 bits per heavy atom. The highest BCUT2D eigenvalue weighted by Gasteiger charge is 2.30. The van der Waals surface area contributed by atoms with E-state index in [-0.39, 0.29) is 32.4 Å². The van der Waals surface area contributed by atoms with Crippen LogP contribution in [0.2, 0.25) is 0 Å². The normalized spacial score (nSPS) is 13.1. The number of nitrogens with zero attached hydrogens (tertiary/aromatic N) is 1. The van der Waals surface area contributed by atoms with Gasteiger partial charge < -0.3 is 42.3 Å². The smallest absolute Gasteiger partial charge is 0.329 e. The minimum Gasteiger partial charge on any atom is -0.361 e. The molecule has 300 valence electrons. The minimum absolute atomic E-state index is 0.109. The molecule has 0 radical (unpaired) electrons. The van der Waals surface area contributed by atoms with Gasteiger partial charge in [0.1, 0.15) is 18.1 Å². The summed E-state index contributed by atoms with van der Waals surface area (Å²) in [5, 5.41) is 15.2. The summed E-state index contributed by atoms with van der Waals surface area (Å²) < 4.78 is 0. The van der Waals surface area contributed by atoms with E-state index in [4.69, 9.17) is 5.73 Å². The first kappa shape index (κ1) is 41.6. The van der Waals surface area contributed by atoms with Gasteiger partial charge in [-0.25, -0.2) is 15.2 Å². The largest absolute Gasteiger partial charge is 0.361 e. The molecule has 6 amide bonds. The van der Waals surface area contributed by atoms with Gasteiger partial charge in [-0.2, -0.15) is 0 Å². The number of carbonyl (C=O) groups excluding carboxylic acids is 5. The van der Waals surface area contributed by atoms with Crippen molar-refractivity contribution in [1.82, 2.24) is 52.4 Å². The van der Waals surface area contributed by atoms with Crippen LogP contribution >= 0.6 is 0 Å². The fourth-order valence-corrected chi connectivity index (χ4v) is 6.36. The van der Waals surface area contributed by atoms with Crippen LogP contribution in [0.1, 0.15) is 42.1 Å². The number of aromatic nitrogens is 3. The van der Waals surface area contributed by atoms with E-state index < -0.39 is 53.8 Å². The van der Waals surface area contributed by atoms with E-state index in [2.05, 4.69) is 52.4 Å². The zero-order chi connectivity index (χ0) is 40.4. The molecule has 0 saturated heterocycles. The van der Waals surface area contributed by atoms with Crippen LogP contribution in [0, 0.1) is 0 Å². The first-order valence-electron chi connectivity index (χ1n) is 18.9. The molecular weight excluding hydrogens is 727 g/mol. The Hall–Kier alpha value is -6.52. The van der Waals surface area contributed by atoms with Crippen LogP contribution in [0.4, 0.5) is 4.79 Å². The lowest BCUT2D eigenvalue weighted by atomic mass is 10.0. The molecule has 11 N–H and O–H groups in total. The lowest BCUT2D eigenvalue weighted by molar-refractivity contribution is -0.133. The predicted octanol–water partition coefficient (Wildman–Crippen LogP) is 1.62. The minimum atomic E-state index is -1.11. The van der Waals surface area contributed by atoms with Crippen LogP contribution in [0.5, 0.6) is 0 Å². The van der Waals surface area contributed by atoms with Gasteiger partial charge in [0.2, 0.25) is 23.6 Å². The summed E-state index contributed by atoms with van der Waals surface area (Å²) in [6.45, 7) is 2.07. The number of H-pyrrole nitrogens is 2. The van der Waals surface area contributed by atoms with Gasteiger partial charge >= 0.3 is 6.03 Å². The summed E-state index contributed by atoms with van der Waals surface area (Å²) in [4.78, 5) is 76.5. The third-order valence-corrected chi connectivity index (χ3v) is 9.29. The van der Waals surface area contributed by atoms with Gasteiger partial charge in [-0.3, -0.25) is 24.6 Å². The highest BCUT2D eigenvalue weighted by molar-refractivity contribution is 5.94. The molecule has 0 spiro atoms. The van der Waals surface area contributed by atoms with Crippen LogP contribution in [0.15, 0.2) is 104 Å². The molecule has 3 aromatic carbocycles. The third kappa shape index (κ3) is 13.3. The average molecular weight is 778 g/mol. The molecule has 2 aromatic heterocycles. The van der Waals surface area contributed by atoms with Crippen molar-refractivity contribution in [2.24, 2.45) is 5.73 Å². The molecule has 0 aliphatic rings. The fraction of sp³-hybridized carbons (Fsp3) is 0.317. The topological polar surface area (TPSA) is 240 Å². The Morgan fingerprint density at radius 1 is 0.719 bits per heavy atom. The maximum absolute atomic E-state index is 14.2. The second-order valence-corrected chi connectivity index (χ2v) is 13.7. The number of para-hydroxylation sites is 1. The van der Waals surface area contributed by atoms with E-state index in [1.165, 1.54) is 13.3 Å². The van der Waals surface area contributed by atoms with Gasteiger partial charge in [-0.1, -0.05) is 78.9 Å². The van der Waals surface area contributed by atoms with Crippen LogP contribution < -0.4 is 43.2 Å². The predicted molar refractivity (Wildman–Crippen MR) is 216 cm³/mol. The Kier molecular flexibility index (Phi) is 15.7. The summed E-state index contributed by atoms with van der Waals surface area (Å²) in [5.41, 5.74) is 15.9. The van der Waals surface area contributed by atoms with Gasteiger partial charge in [0, 0.05) is 74.4 Å². The maximum atomic E-state index is 14.2. The second-order valence-electron chi connectivity index (χ2n) is 13.7. The third-order valence-electron chi connectivity index (χ3n) is 9.29. The van der Waals surface area contributed by atoms with Crippen LogP contribution in [-0.4, -0.2) is 81.9 Å². The second kappa shape index (κ2) is 21.5. The van der Waals surface area contributed by atoms with Crippen molar-refractivity contribution in [2.75, 3.05) is 13.1 Å². The highest BCUT2D eigenvalue weighted by atomic mass is 16.2. The van der Waals surface area contributed by atoms with E-state index in [0.29, 0.717) is 25.1 Å². The number of imidazole rings is 1. The SMILES string of the molecule is CC(=O)N[C@@H](Cc1cnc[nH]1)C(=O)N[C@H](Cc1ccccc1)C(=O)N[C@@H](CCCNNC(=O)NCc1ccccc1)C(=O)N[C@H](CN)Cc1c[nH]c2ccccc12. The van der Waals surface area contributed by atoms with E-state index >= 15 is 0 Å². The fourth-order valence-electron chi connectivity index (χ4n) is 6.36. The lowest BCUT2D eigenvalue weighted by Crippen LogP contribution is -2.58. The van der Waals surface area contributed by atoms with Crippen LogP contribution in [0.25, 0.3) is 10.9 Å². The van der Waals surface area contributed by atoms with Crippen molar-refractivity contribution < 1.29 is 24.0 Å². The number of aromatic amines is 2. The molecule has 16 heteroatoms. The number of hydrogen-bond donors (Lipinski definition) is 10. The van der Waals surface area contributed by atoms with Crippen LogP contribution in [0.3, 0.4) is 0 Å². The molecule has 0 aliphatic heterocycles. The van der Waals surface area contributed by atoms with Gasteiger partial charge in [0.15, 0.2) is 0 Å². The van der Waals surface area contributed by atoms with E-state index in [0.717, 1.165) is 27.6 Å². The maximum Gasteiger partial charge on any atom is 0.329 e. The standard InChI is InChI=1S/C41H51N11O5/c1-27(53)48-37(21-32-25-43-26-46-32)40(56)51-36(19-28-11-4-2-5-12-28)39(55)50-35(17-10-18-47-52-41(57)45-23-29-13-6-3-7-14-29)38(54)49-31(22-42)20-30-24-44-34-16-9-8-15-33(30)34/h2-9,11-16,24-26,31,35-37,44,47H,10,17-23,42H2,1H3,(H,43,46)(H,48,53)(H,49,54)(H,50,55)(H,51,56)(H2,45,52,57)/t31-,35-,36+,37-/m0/s1. The molecule has 16 nitrogen and oxygen atoms in total. The van der Waals surface area contributed by atoms with Gasteiger partial charge in [0.25, 0.3) is 0 Å². The summed E-state index contributed by atoms with van der Waals surface area (Å²) >= 11 is 0. The van der Waals surface area contributed by atoms with E-state index in [9.17, 15) is 24.0 Å². The van der Waals surface area contributed by atoms with Gasteiger partial charge in [-0.15, -0.1) is 0 Å². The molecule has 57 heavy (non-hydrogen) atoms. The lowest BCUT2D eigenvalue weighted by Gasteiger charge is -2.26. The van der Waals surface area contributed by atoms with Crippen molar-refractivity contribution in [3.63, 3.8) is 0 Å². The molecule has 5 rings (SSSR count). The van der Waals surface area contributed by atoms with Gasteiger partial charge in [0.05, 0.1) is 6.33 Å². The average Bonchev–Trinajstić information content (AvgIpc) is 3.89. The molecule has 0 bridgehead atoms. The number of nitrogens with one attached hydrogen (secondary N) is 9. The van der Waals surface area contributed by atoms with Crippen molar-refractivity contribution in [2.45, 2.75) is 69.7 Å². The van der Waals surface area contributed by atoms with Gasteiger partial charge in [-0.05, 0) is 42.0 Å². The number of carbonyl (C=O) groups is 5. The quantitative estimate of drug-likeness (QED) is 0.0387. The monoisotopic (exact) mass is 777 g/mol. The summed E-state index contributed by atoms with van der Waals surface area (Å²) in [7, 11) is 0. The zero-order valence-corrected chi connectivity index (χ0v) is 31.8. The summed E-state index contributed by atoms with van der Waals surface area (Å²) in [6.07, 6.45) is 6.14. The van der Waals surface area contributed by atoms with Crippen molar-refractivity contribution >= 4 is 40.6 Å². The molecule has 0 fully saturated rings. The van der Waals surface area contributed by atoms with Crippen molar-refractivity contribution in [1.29, 1.82) is 0 Å². The first-order chi connectivity index (χ1) is 27.7. The zero-order valence-electron chi connectivity index (χ0n) is 31.8. The Bertz CT molecular complexity index is 2040. The molecule has 0 saturated carbocycles. The molecule has 5 aromatic rings. The highest BCUT2D eigenvalue weighted by Crippen LogP contribution is 2.19. The number of nitrogens with two attached hydrogens (primary N) is 1. The van der Waals surface area contributed by atoms with Crippen LogP contribution in [-0.2, 0) is 45.0 Å². The number of urea groups is 1. The van der Waals surface area contributed by atoms with E-state index in [1.807, 2.05) is 91.1 Å². The number of hydrogen-bond acceptors (Lipinski definition) is 8. The number of amides is 6. The molecule has 2 heterocycles. The van der Waals surface area contributed by atoms with E-state index in [1.54, 1.807) is 6.20 Å². The molecular formula is C41H51N11O5. The molecule has 0 unspecified atom stereocenters. The Balaban J connectivity index is 1.28. The summed E-state index contributed by atoms with van der Waals surface area (Å²) in [5.74, 6) is -2.05. The number of benzene rings is 3. The van der Waals surface area contributed by atoms with Crippen molar-refractivity contribution in [3.05, 3.63) is 126 Å². The first-order valence-corrected chi connectivity index (χ1v) is 18.9. The Morgan fingerprint density at radius 3 is 2.05 bits per heavy atom. The number of hydrazine groups is 1. The molecule has 0 aliphatic carbocycles. The number of fused-ring (bicyclic) bond motifs is 1. The summed E-state index contributed by atoms with van der Waals surface area (Å²) in [6, 6.07) is 22.4. The number of rotatable bonds is 21. The Labute approximate surface area is 330 Å².